The van der Waals surface area contributed by atoms with E-state index >= 15 is 0 Å². The first kappa shape index (κ1) is 10.9. The number of anilines is 1. The molecular weight excluding hydrogens is 222 g/mol. The third kappa shape index (κ3) is 2.01. The van der Waals surface area contributed by atoms with Crippen molar-refractivity contribution >= 4 is 17.4 Å². The van der Waals surface area contributed by atoms with Gasteiger partial charge < -0.3 is 5.73 Å². The van der Waals surface area contributed by atoms with Crippen molar-refractivity contribution in [3.05, 3.63) is 23.7 Å². The van der Waals surface area contributed by atoms with Crippen molar-refractivity contribution in [2.24, 2.45) is 7.05 Å². The molecule has 0 amide bonds. The van der Waals surface area contributed by atoms with Crippen molar-refractivity contribution in [2.75, 3.05) is 5.73 Å². The maximum Gasteiger partial charge on any atom is 0.194 e. The Kier molecular flexibility index (Phi) is 2.82. The monoisotopic (exact) mass is 235 g/mol. The maximum absolute atomic E-state index is 5.93. The van der Waals surface area contributed by atoms with E-state index in [2.05, 4.69) is 15.1 Å². The highest BCUT2D eigenvalue weighted by atomic mass is 32.2. The zero-order valence-corrected chi connectivity index (χ0v) is 10.2. The van der Waals surface area contributed by atoms with Gasteiger partial charge in [-0.2, -0.15) is 5.10 Å². The van der Waals surface area contributed by atoms with Crippen LogP contribution in [0.15, 0.2) is 22.4 Å². The Hall–Kier alpha value is -1.56. The summed E-state index contributed by atoms with van der Waals surface area (Å²) in [5, 5.41) is 5.81. The third-order valence-electron chi connectivity index (χ3n) is 2.17. The van der Waals surface area contributed by atoms with Crippen molar-refractivity contribution in [1.82, 2.24) is 19.7 Å². The summed E-state index contributed by atoms with van der Waals surface area (Å²) < 4.78 is 1.75. The Bertz CT molecular complexity index is 520. The molecule has 5 nitrogen and oxygen atoms in total. The minimum absolute atomic E-state index is 0.690. The Morgan fingerprint density at radius 2 is 2.12 bits per heavy atom. The number of nitrogen functional groups attached to an aromatic ring is 1. The Balaban J connectivity index is 2.34. The minimum Gasteiger partial charge on any atom is -0.395 e. The molecule has 0 atom stereocenters. The number of rotatable bonds is 2. The molecule has 16 heavy (non-hydrogen) atoms. The highest BCUT2D eigenvalue weighted by Gasteiger charge is 2.12. The molecule has 2 rings (SSSR count). The summed E-state index contributed by atoms with van der Waals surface area (Å²) in [7, 11) is 1.86. The second-order valence-electron chi connectivity index (χ2n) is 3.51. The first-order valence-electron chi connectivity index (χ1n) is 4.84. The molecule has 0 saturated carbocycles. The average molecular weight is 235 g/mol. The summed E-state index contributed by atoms with van der Waals surface area (Å²) in [5.41, 5.74) is 8.39. The molecule has 0 aliphatic carbocycles. The van der Waals surface area contributed by atoms with Gasteiger partial charge in [-0.3, -0.25) is 4.68 Å². The van der Waals surface area contributed by atoms with E-state index in [4.69, 9.17) is 5.73 Å². The standard InChI is InChI=1S/C10H13N5S/c1-6-4-5-12-10(13-6)16-9-8(11)7(2)14-15(9)3/h4-5H,11H2,1-3H3. The predicted molar refractivity (Wildman–Crippen MR) is 63.2 cm³/mol. The molecule has 84 valence electrons. The van der Waals surface area contributed by atoms with Crippen LogP contribution < -0.4 is 5.73 Å². The number of nitrogens with zero attached hydrogens (tertiary/aromatic N) is 4. The van der Waals surface area contributed by atoms with Gasteiger partial charge in [-0.05, 0) is 31.7 Å². The molecular formula is C10H13N5S. The molecule has 0 aliphatic rings. The number of nitrogens with two attached hydrogens (primary N) is 1. The fraction of sp³-hybridized carbons (Fsp3) is 0.300. The van der Waals surface area contributed by atoms with E-state index in [1.165, 1.54) is 11.8 Å². The largest absolute Gasteiger partial charge is 0.395 e. The van der Waals surface area contributed by atoms with E-state index in [0.717, 1.165) is 16.4 Å². The maximum atomic E-state index is 5.93. The molecule has 2 heterocycles. The molecule has 0 saturated heterocycles. The summed E-state index contributed by atoms with van der Waals surface area (Å²) in [6.45, 7) is 3.82. The summed E-state index contributed by atoms with van der Waals surface area (Å²) in [6.07, 6.45) is 1.74. The van der Waals surface area contributed by atoms with Crippen molar-refractivity contribution in [3.63, 3.8) is 0 Å². The van der Waals surface area contributed by atoms with E-state index in [0.29, 0.717) is 10.8 Å². The number of hydrogen-bond donors (Lipinski definition) is 1. The van der Waals surface area contributed by atoms with Gasteiger partial charge in [0.1, 0.15) is 5.03 Å². The van der Waals surface area contributed by atoms with E-state index in [1.807, 2.05) is 27.0 Å². The van der Waals surface area contributed by atoms with Gasteiger partial charge in [0, 0.05) is 18.9 Å². The highest BCUT2D eigenvalue weighted by molar-refractivity contribution is 7.99. The van der Waals surface area contributed by atoms with Crippen LogP contribution in [0.4, 0.5) is 5.69 Å². The topological polar surface area (TPSA) is 69.6 Å². The predicted octanol–water partition coefficient (Wildman–Crippen LogP) is 1.56. The first-order valence-corrected chi connectivity index (χ1v) is 5.66. The zero-order valence-electron chi connectivity index (χ0n) is 9.43. The van der Waals surface area contributed by atoms with Gasteiger partial charge >= 0.3 is 0 Å². The van der Waals surface area contributed by atoms with E-state index in [9.17, 15) is 0 Å². The van der Waals surface area contributed by atoms with Crippen LogP contribution >= 0.6 is 11.8 Å². The normalized spacial score (nSPS) is 10.7. The molecule has 0 bridgehead atoms. The Morgan fingerprint density at radius 1 is 1.38 bits per heavy atom. The van der Waals surface area contributed by atoms with Gasteiger partial charge in [-0.1, -0.05) is 0 Å². The third-order valence-corrected chi connectivity index (χ3v) is 3.23. The van der Waals surface area contributed by atoms with Crippen LogP contribution in [0.1, 0.15) is 11.4 Å². The second-order valence-corrected chi connectivity index (χ2v) is 4.47. The van der Waals surface area contributed by atoms with Crippen LogP contribution in [0.2, 0.25) is 0 Å². The molecule has 2 aromatic rings. The van der Waals surface area contributed by atoms with Gasteiger partial charge in [-0.15, -0.1) is 0 Å². The van der Waals surface area contributed by atoms with Crippen LogP contribution in [0.3, 0.4) is 0 Å². The summed E-state index contributed by atoms with van der Waals surface area (Å²) in [4.78, 5) is 8.50. The van der Waals surface area contributed by atoms with Crippen molar-refractivity contribution < 1.29 is 0 Å². The van der Waals surface area contributed by atoms with E-state index < -0.39 is 0 Å². The molecule has 0 radical (unpaired) electrons. The van der Waals surface area contributed by atoms with Crippen molar-refractivity contribution in [1.29, 1.82) is 0 Å². The number of aryl methyl sites for hydroxylation is 3. The lowest BCUT2D eigenvalue weighted by molar-refractivity contribution is 0.692. The van der Waals surface area contributed by atoms with Crippen LogP contribution in [0.25, 0.3) is 0 Å². The molecule has 0 spiro atoms. The van der Waals surface area contributed by atoms with Crippen molar-refractivity contribution in [3.8, 4) is 0 Å². The van der Waals surface area contributed by atoms with Gasteiger partial charge in [0.25, 0.3) is 0 Å². The lowest BCUT2D eigenvalue weighted by atomic mass is 10.4. The summed E-state index contributed by atoms with van der Waals surface area (Å²) in [6, 6.07) is 1.86. The fourth-order valence-corrected chi connectivity index (χ4v) is 2.24. The summed E-state index contributed by atoms with van der Waals surface area (Å²) >= 11 is 1.43. The molecule has 2 aromatic heterocycles. The molecule has 0 unspecified atom stereocenters. The first-order chi connectivity index (χ1) is 7.58. The van der Waals surface area contributed by atoms with Gasteiger partial charge in [-0.25, -0.2) is 9.97 Å². The minimum atomic E-state index is 0.690. The smallest absolute Gasteiger partial charge is 0.194 e. The molecule has 6 heteroatoms. The quantitative estimate of drug-likeness (QED) is 0.800. The second kappa shape index (κ2) is 4.13. The Morgan fingerprint density at radius 3 is 2.69 bits per heavy atom. The van der Waals surface area contributed by atoms with Crippen molar-refractivity contribution in [2.45, 2.75) is 24.0 Å². The van der Waals surface area contributed by atoms with Crippen LogP contribution in [0, 0.1) is 13.8 Å². The highest BCUT2D eigenvalue weighted by Crippen LogP contribution is 2.30. The molecule has 0 fully saturated rings. The average Bonchev–Trinajstić information content (AvgIpc) is 2.45. The Labute approximate surface area is 98.1 Å². The van der Waals surface area contributed by atoms with Crippen LogP contribution in [-0.2, 0) is 7.05 Å². The SMILES string of the molecule is Cc1ccnc(Sc2c(N)c(C)nn2C)n1. The zero-order chi connectivity index (χ0) is 11.7. The molecule has 0 aromatic carbocycles. The summed E-state index contributed by atoms with van der Waals surface area (Å²) in [5.74, 6) is 0. The number of hydrogen-bond acceptors (Lipinski definition) is 5. The van der Waals surface area contributed by atoms with Gasteiger partial charge in [0.2, 0.25) is 0 Å². The molecule has 0 aliphatic heterocycles. The van der Waals surface area contributed by atoms with Crippen LogP contribution in [0.5, 0.6) is 0 Å². The lowest BCUT2D eigenvalue weighted by Crippen LogP contribution is -1.96. The van der Waals surface area contributed by atoms with Crippen LogP contribution in [-0.4, -0.2) is 19.7 Å². The lowest BCUT2D eigenvalue weighted by Gasteiger charge is -2.02. The van der Waals surface area contributed by atoms with E-state index in [-0.39, 0.29) is 0 Å². The van der Waals surface area contributed by atoms with Gasteiger partial charge in [0.15, 0.2) is 5.16 Å². The molecule has 2 N–H and O–H groups in total. The van der Waals surface area contributed by atoms with Gasteiger partial charge in [0.05, 0.1) is 11.4 Å². The van der Waals surface area contributed by atoms with E-state index in [1.54, 1.807) is 10.9 Å². The fourth-order valence-electron chi connectivity index (χ4n) is 1.34. The number of aromatic nitrogens is 4.